The van der Waals surface area contributed by atoms with E-state index in [4.69, 9.17) is 5.73 Å². The Morgan fingerprint density at radius 3 is 2.73 bits per heavy atom. The quantitative estimate of drug-likeness (QED) is 0.662. The van der Waals surface area contributed by atoms with Crippen molar-refractivity contribution < 1.29 is 4.79 Å². The van der Waals surface area contributed by atoms with E-state index in [1.165, 1.54) is 6.42 Å². The van der Waals surface area contributed by atoms with Crippen LogP contribution >= 0.6 is 0 Å². The van der Waals surface area contributed by atoms with Gasteiger partial charge >= 0.3 is 0 Å². The number of amides is 1. The van der Waals surface area contributed by atoms with E-state index in [9.17, 15) is 4.79 Å². The lowest BCUT2D eigenvalue weighted by molar-refractivity contribution is 0.0995. The molecule has 3 aromatic heterocycles. The van der Waals surface area contributed by atoms with Gasteiger partial charge in [-0.15, -0.1) is 5.10 Å². The Balaban J connectivity index is 1.53. The summed E-state index contributed by atoms with van der Waals surface area (Å²) in [5.41, 5.74) is 9.39. The minimum absolute atomic E-state index is 0.104. The molecular weight excluding hydrogens is 380 g/mol. The Kier molecular flexibility index (Phi) is 5.71. The Morgan fingerprint density at radius 2 is 2.03 bits per heavy atom. The maximum Gasteiger partial charge on any atom is 0.267 e. The lowest BCUT2D eigenvalue weighted by Crippen LogP contribution is -2.46. The van der Waals surface area contributed by atoms with Crippen molar-refractivity contribution in [1.82, 2.24) is 29.9 Å². The number of hydrogen-bond donors (Lipinski definition) is 1. The molecule has 0 spiro atoms. The summed E-state index contributed by atoms with van der Waals surface area (Å²) in [4.78, 5) is 24.7. The van der Waals surface area contributed by atoms with Crippen molar-refractivity contribution in [2.75, 3.05) is 37.6 Å². The maximum absolute atomic E-state index is 11.3. The Hall–Kier alpha value is -3.33. The van der Waals surface area contributed by atoms with Gasteiger partial charge in [-0.25, -0.2) is 9.67 Å². The van der Waals surface area contributed by atoms with Crippen molar-refractivity contribution in [2.45, 2.75) is 20.3 Å². The van der Waals surface area contributed by atoms with Crippen molar-refractivity contribution in [3.63, 3.8) is 0 Å². The second-order valence-electron chi connectivity index (χ2n) is 7.39. The summed E-state index contributed by atoms with van der Waals surface area (Å²) in [5, 5.41) is 8.51. The number of rotatable bonds is 6. The van der Waals surface area contributed by atoms with Crippen LogP contribution in [0.5, 0.6) is 0 Å². The largest absolute Gasteiger partial charge is 0.368 e. The van der Waals surface area contributed by atoms with Gasteiger partial charge in [-0.1, -0.05) is 12.1 Å². The first-order chi connectivity index (χ1) is 14.5. The van der Waals surface area contributed by atoms with Gasteiger partial charge in [0.25, 0.3) is 5.91 Å². The topological polar surface area (TPSA) is 106 Å². The van der Waals surface area contributed by atoms with Gasteiger partial charge in [0.15, 0.2) is 0 Å². The Labute approximate surface area is 175 Å². The highest BCUT2D eigenvalue weighted by atomic mass is 16.1. The van der Waals surface area contributed by atoms with Crippen LogP contribution in [0.1, 0.15) is 29.5 Å². The Morgan fingerprint density at radius 1 is 1.23 bits per heavy atom. The number of pyridine rings is 2. The fraction of sp³-hybridized carbons (Fsp3) is 0.381. The van der Waals surface area contributed by atoms with Gasteiger partial charge < -0.3 is 10.6 Å². The van der Waals surface area contributed by atoms with Crippen LogP contribution in [0.3, 0.4) is 0 Å². The van der Waals surface area contributed by atoms with Crippen molar-refractivity contribution in [2.24, 2.45) is 5.73 Å². The number of piperazine rings is 1. The van der Waals surface area contributed by atoms with E-state index in [1.807, 2.05) is 12.4 Å². The molecule has 0 saturated carbocycles. The fourth-order valence-electron chi connectivity index (χ4n) is 3.66. The van der Waals surface area contributed by atoms with Crippen molar-refractivity contribution in [3.8, 4) is 16.9 Å². The summed E-state index contributed by atoms with van der Waals surface area (Å²) in [6.45, 7) is 9.28. The SMILES string of the molecule is CCCN1CCN(c2cncc(-c3cn(-c4c[c]c(C(N)=O)nc4C)nn3)c2)CC1. The molecule has 1 radical (unpaired) electrons. The van der Waals surface area contributed by atoms with Crippen LogP contribution < -0.4 is 10.6 Å². The van der Waals surface area contributed by atoms with Gasteiger partial charge in [0.1, 0.15) is 11.4 Å². The van der Waals surface area contributed by atoms with E-state index in [0.29, 0.717) is 17.1 Å². The van der Waals surface area contributed by atoms with Crippen LogP contribution in [-0.2, 0) is 0 Å². The van der Waals surface area contributed by atoms with Crippen LogP contribution in [0.15, 0.2) is 30.7 Å². The number of nitrogens with zero attached hydrogens (tertiary/aromatic N) is 7. The van der Waals surface area contributed by atoms with E-state index in [2.05, 4.69) is 49.1 Å². The molecule has 0 aliphatic carbocycles. The molecule has 155 valence electrons. The molecule has 3 aromatic rings. The molecule has 4 heterocycles. The van der Waals surface area contributed by atoms with Crippen LogP contribution in [0.25, 0.3) is 16.9 Å². The molecule has 9 nitrogen and oxygen atoms in total. The molecule has 0 atom stereocenters. The zero-order chi connectivity index (χ0) is 21.1. The predicted octanol–water partition coefficient (Wildman–Crippen LogP) is 1.46. The molecule has 1 aliphatic rings. The third-order valence-corrected chi connectivity index (χ3v) is 5.27. The van der Waals surface area contributed by atoms with Gasteiger partial charge in [-0.3, -0.25) is 14.7 Å². The molecule has 9 heteroatoms. The summed E-state index contributed by atoms with van der Waals surface area (Å²) in [6, 6.07) is 6.54. The number of carbonyl (C=O) groups is 1. The third-order valence-electron chi connectivity index (χ3n) is 5.27. The number of primary amides is 1. The minimum Gasteiger partial charge on any atom is -0.368 e. The predicted molar refractivity (Wildman–Crippen MR) is 113 cm³/mol. The van der Waals surface area contributed by atoms with Gasteiger partial charge in [0.05, 0.1) is 29.5 Å². The second kappa shape index (κ2) is 8.58. The highest BCUT2D eigenvalue weighted by Gasteiger charge is 2.18. The normalized spacial score (nSPS) is 14.8. The summed E-state index contributed by atoms with van der Waals surface area (Å²) in [7, 11) is 0. The van der Waals surface area contributed by atoms with Gasteiger partial charge in [0.2, 0.25) is 0 Å². The number of aryl methyl sites for hydroxylation is 1. The summed E-state index contributed by atoms with van der Waals surface area (Å²) < 4.78 is 1.62. The summed E-state index contributed by atoms with van der Waals surface area (Å²) >= 11 is 0. The first-order valence-corrected chi connectivity index (χ1v) is 10.1. The number of aromatic nitrogens is 5. The van der Waals surface area contributed by atoms with E-state index < -0.39 is 5.91 Å². The smallest absolute Gasteiger partial charge is 0.267 e. The summed E-state index contributed by atoms with van der Waals surface area (Å²) in [5.74, 6) is -0.609. The average Bonchev–Trinajstić information content (AvgIpc) is 3.24. The molecule has 2 N–H and O–H groups in total. The molecule has 30 heavy (non-hydrogen) atoms. The standard InChI is InChI=1S/C21H25N8O/c1-3-6-27-7-9-28(10-8-27)17-11-16(12-23-13-17)19-14-29(26-25-19)20-5-4-18(21(22)30)24-15(20)2/h5,11-14H,3,6-10H2,1-2H3,(H2,22,30). The van der Waals surface area contributed by atoms with Gasteiger partial charge in [0, 0.05) is 44.0 Å². The van der Waals surface area contributed by atoms with E-state index in [1.54, 1.807) is 23.9 Å². The molecule has 1 fully saturated rings. The molecule has 0 bridgehead atoms. The van der Waals surface area contributed by atoms with Crippen LogP contribution in [0, 0.1) is 13.0 Å². The average molecular weight is 405 g/mol. The highest BCUT2D eigenvalue weighted by molar-refractivity contribution is 5.90. The first-order valence-electron chi connectivity index (χ1n) is 10.1. The highest BCUT2D eigenvalue weighted by Crippen LogP contribution is 2.24. The van der Waals surface area contributed by atoms with Crippen LogP contribution in [-0.4, -0.2) is 68.5 Å². The van der Waals surface area contributed by atoms with E-state index >= 15 is 0 Å². The van der Waals surface area contributed by atoms with Gasteiger partial charge in [-0.05, 0) is 32.0 Å². The molecule has 0 unspecified atom stereocenters. The molecule has 4 rings (SSSR count). The monoisotopic (exact) mass is 405 g/mol. The van der Waals surface area contributed by atoms with Crippen molar-refractivity contribution >= 4 is 11.6 Å². The van der Waals surface area contributed by atoms with Crippen LogP contribution in [0.2, 0.25) is 0 Å². The molecule has 0 aromatic carbocycles. The Bertz CT molecular complexity index is 1040. The lowest BCUT2D eigenvalue weighted by atomic mass is 10.2. The van der Waals surface area contributed by atoms with Gasteiger partial charge in [-0.2, -0.15) is 0 Å². The summed E-state index contributed by atoms with van der Waals surface area (Å²) in [6.07, 6.45) is 6.69. The number of anilines is 1. The first kappa shape index (κ1) is 20.0. The molecule has 1 amide bonds. The molecular formula is C21H25N8O. The van der Waals surface area contributed by atoms with Crippen LogP contribution in [0.4, 0.5) is 5.69 Å². The maximum atomic E-state index is 11.3. The fourth-order valence-corrected chi connectivity index (χ4v) is 3.66. The zero-order valence-electron chi connectivity index (χ0n) is 17.2. The zero-order valence-corrected chi connectivity index (χ0v) is 17.2. The third kappa shape index (κ3) is 4.16. The van der Waals surface area contributed by atoms with Crippen molar-refractivity contribution in [3.05, 3.63) is 48.2 Å². The van der Waals surface area contributed by atoms with E-state index in [-0.39, 0.29) is 5.69 Å². The number of carbonyl (C=O) groups excluding carboxylic acids is 1. The number of hydrogen-bond acceptors (Lipinski definition) is 7. The molecule has 1 saturated heterocycles. The van der Waals surface area contributed by atoms with Crippen molar-refractivity contribution in [1.29, 1.82) is 0 Å². The van der Waals surface area contributed by atoms with E-state index in [0.717, 1.165) is 44.0 Å². The molecule has 1 aliphatic heterocycles. The minimum atomic E-state index is -0.609. The number of nitrogens with two attached hydrogens (primary N) is 1. The second-order valence-corrected chi connectivity index (χ2v) is 7.39. The lowest BCUT2D eigenvalue weighted by Gasteiger charge is -2.35.